The first kappa shape index (κ1) is 12.6. The average Bonchev–Trinajstić information content (AvgIpc) is 2.59. The zero-order valence-electron chi connectivity index (χ0n) is 8.86. The van der Waals surface area contributed by atoms with E-state index in [1.807, 2.05) is 0 Å². The van der Waals surface area contributed by atoms with Crippen molar-refractivity contribution in [2.75, 3.05) is 14.2 Å². The second-order valence-electron chi connectivity index (χ2n) is 3.20. The summed E-state index contributed by atoms with van der Waals surface area (Å²) >= 11 is 2.06. The third-order valence-electron chi connectivity index (χ3n) is 2.25. The summed E-state index contributed by atoms with van der Waals surface area (Å²) in [6, 6.07) is 0. The van der Waals surface area contributed by atoms with Crippen molar-refractivity contribution in [1.82, 2.24) is 9.78 Å². The quantitative estimate of drug-likeness (QED) is 0.466. The molecule has 1 heterocycles. The number of nitrogens with zero attached hydrogens (tertiary/aromatic N) is 2. The van der Waals surface area contributed by atoms with E-state index in [0.29, 0.717) is 12.2 Å². The van der Waals surface area contributed by atoms with Crippen molar-refractivity contribution in [3.05, 3.63) is 15.5 Å². The monoisotopic (exact) mass is 324 g/mol. The molecular formula is C9H13IN2O3. The highest BCUT2D eigenvalue weighted by molar-refractivity contribution is 14.1. The van der Waals surface area contributed by atoms with Crippen LogP contribution in [0.25, 0.3) is 0 Å². The van der Waals surface area contributed by atoms with Crippen LogP contribution in [0.2, 0.25) is 0 Å². The lowest BCUT2D eigenvalue weighted by molar-refractivity contribution is -0.202. The first-order chi connectivity index (χ1) is 7.06. The van der Waals surface area contributed by atoms with E-state index in [1.165, 1.54) is 0 Å². The van der Waals surface area contributed by atoms with Crippen LogP contribution in [-0.2, 0) is 16.0 Å². The van der Waals surface area contributed by atoms with Gasteiger partial charge in [0.2, 0.25) is 0 Å². The lowest BCUT2D eigenvalue weighted by Gasteiger charge is -2.26. The van der Waals surface area contributed by atoms with Crippen LogP contribution in [0.4, 0.5) is 0 Å². The van der Waals surface area contributed by atoms with Gasteiger partial charge in [0.1, 0.15) is 5.69 Å². The zero-order chi connectivity index (χ0) is 11.5. The van der Waals surface area contributed by atoms with E-state index < -0.39 is 5.79 Å². The Labute approximate surface area is 102 Å². The molecule has 0 saturated carbocycles. The Morgan fingerprint density at radius 2 is 2.20 bits per heavy atom. The van der Waals surface area contributed by atoms with Gasteiger partial charge in [0, 0.05) is 14.2 Å². The molecule has 0 saturated heterocycles. The number of ether oxygens (including phenoxy) is 2. The van der Waals surface area contributed by atoms with E-state index in [2.05, 4.69) is 27.7 Å². The van der Waals surface area contributed by atoms with Crippen LogP contribution in [0.3, 0.4) is 0 Å². The number of carbonyl (C=O) groups is 1. The standard InChI is InChI=1S/C9H13IN2O3/c1-9(14-2,15-3)6-12-8(5-13)7(10)4-11-12/h4-5H,6H2,1-3H3. The molecular weight excluding hydrogens is 311 g/mol. The number of aromatic nitrogens is 2. The third-order valence-corrected chi connectivity index (χ3v) is 3.08. The summed E-state index contributed by atoms with van der Waals surface area (Å²) in [6.07, 6.45) is 2.41. The molecule has 0 aliphatic heterocycles. The molecule has 1 aromatic heterocycles. The maximum atomic E-state index is 10.8. The molecule has 0 spiro atoms. The van der Waals surface area contributed by atoms with Gasteiger partial charge in [0.05, 0.1) is 16.3 Å². The molecule has 0 N–H and O–H groups in total. The number of hydrogen-bond donors (Lipinski definition) is 0. The number of hydrogen-bond acceptors (Lipinski definition) is 4. The van der Waals surface area contributed by atoms with Gasteiger partial charge in [-0.15, -0.1) is 0 Å². The summed E-state index contributed by atoms with van der Waals surface area (Å²) in [6.45, 7) is 2.16. The summed E-state index contributed by atoms with van der Waals surface area (Å²) in [5.41, 5.74) is 0.538. The van der Waals surface area contributed by atoms with Crippen molar-refractivity contribution in [3.63, 3.8) is 0 Å². The van der Waals surface area contributed by atoms with E-state index in [4.69, 9.17) is 9.47 Å². The Kier molecular flexibility index (Phi) is 4.23. The van der Waals surface area contributed by atoms with Gasteiger partial charge in [-0.1, -0.05) is 0 Å². The largest absolute Gasteiger partial charge is 0.352 e. The lowest BCUT2D eigenvalue weighted by atomic mass is 10.3. The van der Waals surface area contributed by atoms with E-state index in [-0.39, 0.29) is 0 Å². The summed E-state index contributed by atoms with van der Waals surface area (Å²) in [7, 11) is 3.11. The van der Waals surface area contributed by atoms with E-state index in [9.17, 15) is 4.79 Å². The van der Waals surface area contributed by atoms with Gasteiger partial charge in [-0.3, -0.25) is 9.48 Å². The normalized spacial score (nSPS) is 11.7. The number of methoxy groups -OCH3 is 2. The summed E-state index contributed by atoms with van der Waals surface area (Å²) in [5, 5.41) is 4.09. The zero-order valence-corrected chi connectivity index (χ0v) is 11.0. The topological polar surface area (TPSA) is 53.4 Å². The van der Waals surface area contributed by atoms with E-state index in [1.54, 1.807) is 32.0 Å². The molecule has 0 bridgehead atoms. The molecule has 15 heavy (non-hydrogen) atoms. The second kappa shape index (κ2) is 5.04. The SMILES string of the molecule is COC(C)(Cn1ncc(I)c1C=O)OC. The van der Waals surface area contributed by atoms with Gasteiger partial charge in [0.15, 0.2) is 12.1 Å². The molecule has 0 fully saturated rings. The van der Waals surface area contributed by atoms with Gasteiger partial charge in [-0.2, -0.15) is 5.10 Å². The van der Waals surface area contributed by atoms with Crippen LogP contribution < -0.4 is 0 Å². The molecule has 0 unspecified atom stereocenters. The van der Waals surface area contributed by atoms with Gasteiger partial charge in [-0.25, -0.2) is 0 Å². The van der Waals surface area contributed by atoms with E-state index in [0.717, 1.165) is 9.86 Å². The van der Waals surface area contributed by atoms with Crippen molar-refractivity contribution in [2.24, 2.45) is 0 Å². The Morgan fingerprint density at radius 1 is 1.60 bits per heavy atom. The fourth-order valence-electron chi connectivity index (χ4n) is 1.10. The number of carbonyl (C=O) groups excluding carboxylic acids is 1. The van der Waals surface area contributed by atoms with Crippen molar-refractivity contribution in [2.45, 2.75) is 19.3 Å². The first-order valence-electron chi connectivity index (χ1n) is 4.33. The molecule has 6 heteroatoms. The van der Waals surface area contributed by atoms with E-state index >= 15 is 0 Å². The molecule has 0 atom stereocenters. The van der Waals surface area contributed by atoms with Crippen LogP contribution in [-0.4, -0.2) is 36.1 Å². The van der Waals surface area contributed by atoms with Crippen LogP contribution >= 0.6 is 22.6 Å². The Morgan fingerprint density at radius 3 is 2.67 bits per heavy atom. The highest BCUT2D eigenvalue weighted by Gasteiger charge is 2.25. The summed E-state index contributed by atoms with van der Waals surface area (Å²) in [4.78, 5) is 10.8. The van der Waals surface area contributed by atoms with Gasteiger partial charge in [-0.05, 0) is 29.5 Å². The van der Waals surface area contributed by atoms with Crippen molar-refractivity contribution in [1.29, 1.82) is 0 Å². The molecule has 1 aromatic rings. The first-order valence-corrected chi connectivity index (χ1v) is 5.41. The summed E-state index contributed by atoms with van der Waals surface area (Å²) < 4.78 is 12.8. The number of halogens is 1. The van der Waals surface area contributed by atoms with Crippen LogP contribution in [0.15, 0.2) is 6.20 Å². The van der Waals surface area contributed by atoms with Crippen molar-refractivity contribution < 1.29 is 14.3 Å². The van der Waals surface area contributed by atoms with Crippen LogP contribution in [0, 0.1) is 3.57 Å². The molecule has 0 aliphatic rings. The highest BCUT2D eigenvalue weighted by atomic mass is 127. The minimum Gasteiger partial charge on any atom is -0.352 e. The van der Waals surface area contributed by atoms with Crippen molar-refractivity contribution in [3.8, 4) is 0 Å². The third kappa shape index (κ3) is 2.76. The fourth-order valence-corrected chi connectivity index (χ4v) is 1.63. The average molecular weight is 324 g/mol. The maximum Gasteiger partial charge on any atom is 0.184 e. The summed E-state index contributed by atoms with van der Waals surface area (Å²) in [5.74, 6) is -0.771. The lowest BCUT2D eigenvalue weighted by Crippen LogP contribution is -2.36. The Hall–Kier alpha value is -0.470. The molecule has 1 rings (SSSR count). The Balaban J connectivity index is 2.93. The van der Waals surface area contributed by atoms with Crippen LogP contribution in [0.5, 0.6) is 0 Å². The second-order valence-corrected chi connectivity index (χ2v) is 4.36. The fraction of sp³-hybridized carbons (Fsp3) is 0.556. The molecule has 0 aliphatic carbocycles. The van der Waals surface area contributed by atoms with Gasteiger partial charge >= 0.3 is 0 Å². The predicted molar refractivity (Wildman–Crippen MR) is 62.8 cm³/mol. The molecule has 5 nitrogen and oxygen atoms in total. The number of rotatable bonds is 5. The highest BCUT2D eigenvalue weighted by Crippen LogP contribution is 2.16. The van der Waals surface area contributed by atoms with Gasteiger partial charge < -0.3 is 9.47 Å². The Bertz CT molecular complexity index is 347. The minimum absolute atomic E-state index is 0.372. The smallest absolute Gasteiger partial charge is 0.184 e. The minimum atomic E-state index is -0.771. The molecule has 0 amide bonds. The van der Waals surface area contributed by atoms with Crippen molar-refractivity contribution >= 4 is 28.9 Å². The maximum absolute atomic E-state index is 10.8. The molecule has 0 aromatic carbocycles. The van der Waals surface area contributed by atoms with Crippen LogP contribution in [0.1, 0.15) is 17.4 Å². The molecule has 0 radical (unpaired) electrons. The number of aldehydes is 1. The van der Waals surface area contributed by atoms with Gasteiger partial charge in [0.25, 0.3) is 0 Å². The predicted octanol–water partition coefficient (Wildman–Crippen LogP) is 1.31. The molecule has 84 valence electrons.